The van der Waals surface area contributed by atoms with Crippen LogP contribution in [0.3, 0.4) is 0 Å². The molecule has 184 valence electrons. The summed E-state index contributed by atoms with van der Waals surface area (Å²) in [6.45, 7) is 6.56. The van der Waals surface area contributed by atoms with Crippen molar-refractivity contribution in [1.82, 2.24) is 20.2 Å². The minimum absolute atomic E-state index is 0.0551. The minimum Gasteiger partial charge on any atom is -0.497 e. The number of carbonyl (C=O) groups excluding carboxylic acids is 1. The van der Waals surface area contributed by atoms with Gasteiger partial charge in [-0.2, -0.15) is 5.10 Å². The summed E-state index contributed by atoms with van der Waals surface area (Å²) in [5.41, 5.74) is 6.59. The topological polar surface area (TPSA) is 81.4 Å². The fraction of sp³-hybridized carbons (Fsp3) is 0.214. The lowest BCUT2D eigenvalue weighted by Crippen LogP contribution is -2.20. The summed E-state index contributed by atoms with van der Waals surface area (Å²) >= 11 is 1.30. The van der Waals surface area contributed by atoms with Crippen LogP contribution in [0.2, 0.25) is 0 Å². The smallest absolute Gasteiger partial charge is 0.250 e. The van der Waals surface area contributed by atoms with E-state index in [4.69, 9.17) is 4.74 Å². The number of amides is 1. The Balaban J connectivity index is 1.56. The van der Waals surface area contributed by atoms with Gasteiger partial charge in [0.25, 0.3) is 5.91 Å². The molecule has 0 aliphatic heterocycles. The number of nitrogens with one attached hydrogen (secondary N) is 1. The predicted molar refractivity (Wildman–Crippen MR) is 145 cm³/mol. The first-order valence-electron chi connectivity index (χ1n) is 11.6. The van der Waals surface area contributed by atoms with Gasteiger partial charge in [-0.25, -0.2) is 5.43 Å². The van der Waals surface area contributed by atoms with E-state index < -0.39 is 0 Å². The van der Waals surface area contributed by atoms with Crippen molar-refractivity contribution < 1.29 is 9.53 Å². The Morgan fingerprint density at radius 3 is 2.33 bits per heavy atom. The van der Waals surface area contributed by atoms with Crippen LogP contribution in [0.5, 0.6) is 5.75 Å². The summed E-state index contributed by atoms with van der Waals surface area (Å²) < 4.78 is 7.27. The molecule has 8 heteroatoms. The van der Waals surface area contributed by atoms with Crippen LogP contribution >= 0.6 is 11.8 Å². The van der Waals surface area contributed by atoms with Gasteiger partial charge < -0.3 is 4.74 Å². The van der Waals surface area contributed by atoms with Gasteiger partial charge in [0.2, 0.25) is 0 Å². The number of rotatable bonds is 8. The third-order valence-electron chi connectivity index (χ3n) is 5.51. The second-order valence-corrected chi connectivity index (χ2v) is 10.1. The summed E-state index contributed by atoms with van der Waals surface area (Å²) in [6.07, 6.45) is 1.61. The number of methoxy groups -OCH3 is 1. The molecule has 7 nitrogen and oxygen atoms in total. The zero-order chi connectivity index (χ0) is 25.5. The van der Waals surface area contributed by atoms with E-state index in [-0.39, 0.29) is 17.1 Å². The number of thioether (sulfide) groups is 1. The lowest BCUT2D eigenvalue weighted by molar-refractivity contribution is -0.118. The van der Waals surface area contributed by atoms with Crippen molar-refractivity contribution in [2.75, 3.05) is 12.9 Å². The molecule has 0 bridgehead atoms. The molecular formula is C28H29N5O2S. The van der Waals surface area contributed by atoms with Gasteiger partial charge in [0.1, 0.15) is 5.75 Å². The molecule has 1 amide bonds. The third-order valence-corrected chi connectivity index (χ3v) is 6.44. The Labute approximate surface area is 215 Å². The Morgan fingerprint density at radius 1 is 1.00 bits per heavy atom. The van der Waals surface area contributed by atoms with E-state index in [2.05, 4.69) is 65.8 Å². The van der Waals surface area contributed by atoms with E-state index in [0.29, 0.717) is 11.0 Å². The van der Waals surface area contributed by atoms with Crippen LogP contribution in [0, 0.1) is 0 Å². The van der Waals surface area contributed by atoms with Gasteiger partial charge in [0.05, 0.1) is 19.1 Å². The molecule has 0 saturated heterocycles. The fourth-order valence-corrected chi connectivity index (χ4v) is 4.26. The van der Waals surface area contributed by atoms with E-state index in [1.165, 1.54) is 17.3 Å². The van der Waals surface area contributed by atoms with Crippen LogP contribution in [-0.4, -0.2) is 39.7 Å². The van der Waals surface area contributed by atoms with Crippen LogP contribution in [0.15, 0.2) is 89.1 Å². The van der Waals surface area contributed by atoms with Gasteiger partial charge in [-0.05, 0) is 40.8 Å². The molecule has 0 fully saturated rings. The summed E-state index contributed by atoms with van der Waals surface area (Å²) in [5.74, 6) is 1.37. The third kappa shape index (κ3) is 6.20. The van der Waals surface area contributed by atoms with Gasteiger partial charge in [0, 0.05) is 11.3 Å². The Bertz CT molecular complexity index is 1330. The molecule has 3 aromatic carbocycles. The molecule has 0 aliphatic carbocycles. The molecule has 0 radical (unpaired) electrons. The van der Waals surface area contributed by atoms with Crippen molar-refractivity contribution in [3.8, 4) is 22.8 Å². The normalized spacial score (nSPS) is 11.6. The van der Waals surface area contributed by atoms with Crippen LogP contribution in [0.4, 0.5) is 0 Å². The van der Waals surface area contributed by atoms with Gasteiger partial charge in [0.15, 0.2) is 11.0 Å². The maximum absolute atomic E-state index is 12.4. The number of aromatic nitrogens is 3. The van der Waals surface area contributed by atoms with E-state index in [0.717, 1.165) is 22.6 Å². The average molecular weight is 500 g/mol. The van der Waals surface area contributed by atoms with Crippen LogP contribution in [0.25, 0.3) is 17.1 Å². The molecular weight excluding hydrogens is 470 g/mol. The zero-order valence-corrected chi connectivity index (χ0v) is 21.6. The quantitative estimate of drug-likeness (QED) is 0.197. The molecule has 0 aliphatic rings. The van der Waals surface area contributed by atoms with Gasteiger partial charge in [-0.3, -0.25) is 9.36 Å². The fourth-order valence-electron chi connectivity index (χ4n) is 3.51. The number of ether oxygens (including phenoxy) is 1. The van der Waals surface area contributed by atoms with E-state index in [1.807, 2.05) is 59.2 Å². The summed E-state index contributed by atoms with van der Waals surface area (Å²) in [6, 6.07) is 25.6. The first-order valence-corrected chi connectivity index (χ1v) is 12.5. The first-order chi connectivity index (χ1) is 17.3. The van der Waals surface area contributed by atoms with Crippen molar-refractivity contribution in [2.45, 2.75) is 31.3 Å². The number of carbonyl (C=O) groups is 1. The second kappa shape index (κ2) is 11.2. The van der Waals surface area contributed by atoms with Crippen molar-refractivity contribution in [3.05, 3.63) is 90.0 Å². The highest BCUT2D eigenvalue weighted by Gasteiger charge is 2.19. The first kappa shape index (κ1) is 25.2. The number of hydrazone groups is 1. The summed E-state index contributed by atoms with van der Waals surface area (Å²) in [5, 5.41) is 13.5. The molecule has 36 heavy (non-hydrogen) atoms. The van der Waals surface area contributed by atoms with Crippen LogP contribution in [0.1, 0.15) is 31.9 Å². The maximum Gasteiger partial charge on any atom is 0.250 e. The summed E-state index contributed by atoms with van der Waals surface area (Å²) in [7, 11) is 1.64. The minimum atomic E-state index is -0.229. The van der Waals surface area contributed by atoms with Crippen LogP contribution < -0.4 is 10.2 Å². The molecule has 0 saturated carbocycles. The van der Waals surface area contributed by atoms with E-state index >= 15 is 0 Å². The Morgan fingerprint density at radius 2 is 1.69 bits per heavy atom. The second-order valence-electron chi connectivity index (χ2n) is 9.16. The molecule has 0 spiro atoms. The molecule has 0 unspecified atom stereocenters. The maximum atomic E-state index is 12.4. The molecule has 4 rings (SSSR count). The van der Waals surface area contributed by atoms with Gasteiger partial charge >= 0.3 is 0 Å². The average Bonchev–Trinajstić information content (AvgIpc) is 3.31. The Hall–Kier alpha value is -3.91. The summed E-state index contributed by atoms with van der Waals surface area (Å²) in [4.78, 5) is 12.4. The largest absolute Gasteiger partial charge is 0.497 e. The molecule has 1 aromatic heterocycles. The number of hydrogen-bond donors (Lipinski definition) is 1. The number of hydrogen-bond acceptors (Lipinski definition) is 6. The van der Waals surface area contributed by atoms with Gasteiger partial charge in [-0.15, -0.1) is 10.2 Å². The highest BCUT2D eigenvalue weighted by Crippen LogP contribution is 2.30. The molecule has 4 aromatic rings. The lowest BCUT2D eigenvalue weighted by Gasteiger charge is -2.19. The van der Waals surface area contributed by atoms with E-state index in [9.17, 15) is 4.79 Å². The lowest BCUT2D eigenvalue weighted by atomic mass is 9.87. The van der Waals surface area contributed by atoms with Crippen molar-refractivity contribution in [2.24, 2.45) is 5.10 Å². The highest BCUT2D eigenvalue weighted by atomic mass is 32.2. The van der Waals surface area contributed by atoms with E-state index in [1.54, 1.807) is 13.3 Å². The predicted octanol–water partition coefficient (Wildman–Crippen LogP) is 5.48. The number of benzene rings is 3. The molecule has 0 atom stereocenters. The van der Waals surface area contributed by atoms with Crippen molar-refractivity contribution in [3.63, 3.8) is 0 Å². The Kier molecular flexibility index (Phi) is 7.85. The highest BCUT2D eigenvalue weighted by molar-refractivity contribution is 7.99. The van der Waals surface area contributed by atoms with Gasteiger partial charge in [-0.1, -0.05) is 87.1 Å². The van der Waals surface area contributed by atoms with Crippen molar-refractivity contribution in [1.29, 1.82) is 0 Å². The SMILES string of the molecule is COc1ccc(-n2c(SCC(=O)NN=Cc3ccccc3)nnc2-c2ccc(C(C)(C)C)cc2)cc1. The van der Waals surface area contributed by atoms with Crippen LogP contribution in [-0.2, 0) is 10.2 Å². The zero-order valence-electron chi connectivity index (χ0n) is 20.8. The van der Waals surface area contributed by atoms with Crippen molar-refractivity contribution >= 4 is 23.9 Å². The standard InChI is InChI=1S/C28H29N5O2S/c1-28(2,3)22-12-10-21(11-13-22)26-31-32-27(33(26)23-14-16-24(35-4)17-15-23)36-19-25(34)30-29-18-20-8-6-5-7-9-20/h5-18H,19H2,1-4H3,(H,30,34). The molecule has 1 N–H and O–H groups in total. The number of nitrogens with zero attached hydrogens (tertiary/aromatic N) is 4. The monoisotopic (exact) mass is 499 g/mol. The molecule has 1 heterocycles.